The van der Waals surface area contributed by atoms with E-state index >= 15 is 0 Å². The zero-order chi connectivity index (χ0) is 16.8. The molecule has 2 heteroatoms. The van der Waals surface area contributed by atoms with Crippen molar-refractivity contribution in [2.75, 3.05) is 0 Å². The number of hydrogen-bond acceptors (Lipinski definition) is 0. The monoisotopic (exact) mass is 340 g/mol. The summed E-state index contributed by atoms with van der Waals surface area (Å²) in [5, 5.41) is 0. The van der Waals surface area contributed by atoms with Gasteiger partial charge < -0.3 is 0 Å². The molecule has 0 atom stereocenters. The molecule has 4 bridgehead atoms. The van der Waals surface area contributed by atoms with Crippen LogP contribution in [-0.2, 0) is 0 Å². The maximum atomic E-state index is 3.61. The first kappa shape index (κ1) is 17.1. The number of hydrogen-bond donors (Lipinski definition) is 0. The molecule has 0 unspecified atom stereocenters. The van der Waals surface area contributed by atoms with Crippen molar-refractivity contribution < 1.29 is 0 Å². The Morgan fingerprint density at radius 1 is 0.696 bits per heavy atom. The lowest BCUT2D eigenvalue weighted by atomic mass is 9.53. The SMILES string of the molecule is C[Si](C)(C)C#CC(C#C[Si](C)(C)C)=C1C2CC3CC(C2)CC1C3. The van der Waals surface area contributed by atoms with Gasteiger partial charge in [-0.25, -0.2) is 0 Å². The van der Waals surface area contributed by atoms with Gasteiger partial charge in [0.15, 0.2) is 0 Å². The first-order valence-electron chi connectivity index (χ1n) is 9.41. The predicted molar refractivity (Wildman–Crippen MR) is 106 cm³/mol. The van der Waals surface area contributed by atoms with Crippen LogP contribution in [0, 0.1) is 46.6 Å². The van der Waals surface area contributed by atoms with Crippen LogP contribution in [-0.4, -0.2) is 16.1 Å². The smallest absolute Gasteiger partial charge is 0.126 e. The summed E-state index contributed by atoms with van der Waals surface area (Å²) in [4.78, 5) is 0. The Balaban J connectivity index is 2.02. The van der Waals surface area contributed by atoms with E-state index in [9.17, 15) is 0 Å². The van der Waals surface area contributed by atoms with Gasteiger partial charge in [-0.15, -0.1) is 11.1 Å². The second kappa shape index (κ2) is 5.98. The Kier molecular flexibility index (Phi) is 4.45. The zero-order valence-electron chi connectivity index (χ0n) is 15.8. The van der Waals surface area contributed by atoms with Crippen LogP contribution in [0.1, 0.15) is 32.1 Å². The summed E-state index contributed by atoms with van der Waals surface area (Å²) in [5.74, 6) is 10.8. The molecule has 0 aliphatic heterocycles. The van der Waals surface area contributed by atoms with Gasteiger partial charge in [-0.3, -0.25) is 0 Å². The Morgan fingerprint density at radius 3 is 1.43 bits per heavy atom. The molecule has 124 valence electrons. The summed E-state index contributed by atoms with van der Waals surface area (Å²) in [6, 6.07) is 0. The molecule has 0 saturated heterocycles. The molecule has 0 amide bonds. The average Bonchev–Trinajstić information content (AvgIpc) is 2.37. The predicted octanol–water partition coefficient (Wildman–Crippen LogP) is 5.50. The first-order valence-corrected chi connectivity index (χ1v) is 16.4. The van der Waals surface area contributed by atoms with Crippen LogP contribution in [0.15, 0.2) is 11.1 Å². The molecule has 4 aliphatic rings. The summed E-state index contributed by atoms with van der Waals surface area (Å²) >= 11 is 0. The molecular weight excluding hydrogens is 308 g/mol. The average molecular weight is 341 g/mol. The second-order valence-corrected chi connectivity index (χ2v) is 19.6. The molecule has 0 nitrogen and oxygen atoms in total. The van der Waals surface area contributed by atoms with Crippen molar-refractivity contribution in [1.82, 2.24) is 0 Å². The molecule has 0 heterocycles. The first-order chi connectivity index (χ1) is 10.6. The topological polar surface area (TPSA) is 0 Å². The van der Waals surface area contributed by atoms with Crippen molar-refractivity contribution in [3.63, 3.8) is 0 Å². The van der Waals surface area contributed by atoms with Gasteiger partial charge in [0.25, 0.3) is 0 Å². The Morgan fingerprint density at radius 2 is 1.09 bits per heavy atom. The standard InChI is InChI=1S/C21H32Si2/c1-22(2,3)9-7-18(8-10-23(4,5)6)21-19-12-16-11-17(14-19)15-20(21)13-16/h16-17,19-20H,11-15H2,1-6H3. The molecule has 4 aliphatic carbocycles. The summed E-state index contributed by atoms with van der Waals surface area (Å²) in [6.07, 6.45) is 7.21. The van der Waals surface area contributed by atoms with E-state index in [1.54, 1.807) is 5.57 Å². The van der Waals surface area contributed by atoms with Crippen LogP contribution in [0.25, 0.3) is 0 Å². The molecule has 0 aromatic rings. The molecular formula is C21H32Si2. The Bertz CT molecular complexity index is 568. The fraction of sp³-hybridized carbons (Fsp3) is 0.714. The van der Waals surface area contributed by atoms with Crippen molar-refractivity contribution >= 4 is 16.1 Å². The molecule has 4 saturated carbocycles. The van der Waals surface area contributed by atoms with Crippen LogP contribution < -0.4 is 0 Å². The van der Waals surface area contributed by atoms with E-state index in [-0.39, 0.29) is 0 Å². The minimum Gasteiger partial charge on any atom is -0.126 e. The van der Waals surface area contributed by atoms with Crippen molar-refractivity contribution in [3.05, 3.63) is 11.1 Å². The van der Waals surface area contributed by atoms with E-state index in [0.29, 0.717) is 0 Å². The van der Waals surface area contributed by atoms with Crippen molar-refractivity contribution in [2.24, 2.45) is 23.7 Å². The van der Waals surface area contributed by atoms with Gasteiger partial charge in [-0.2, -0.15) is 0 Å². The minimum absolute atomic E-state index is 0.813. The molecule has 0 aromatic carbocycles. The lowest BCUT2D eigenvalue weighted by Gasteiger charge is -2.51. The van der Waals surface area contributed by atoms with E-state index in [0.717, 1.165) is 23.7 Å². The van der Waals surface area contributed by atoms with Crippen molar-refractivity contribution in [2.45, 2.75) is 71.4 Å². The summed E-state index contributed by atoms with van der Waals surface area (Å²) in [7, 11) is -2.70. The van der Waals surface area contributed by atoms with E-state index < -0.39 is 16.1 Å². The lowest BCUT2D eigenvalue weighted by Crippen LogP contribution is -2.40. The molecule has 0 aromatic heterocycles. The highest BCUT2D eigenvalue weighted by Gasteiger charge is 2.46. The highest BCUT2D eigenvalue weighted by molar-refractivity contribution is 6.84. The Labute approximate surface area is 145 Å². The number of rotatable bonds is 0. The van der Waals surface area contributed by atoms with Gasteiger partial charge in [0.1, 0.15) is 16.1 Å². The summed E-state index contributed by atoms with van der Waals surface area (Å²) in [5.41, 5.74) is 10.2. The van der Waals surface area contributed by atoms with Gasteiger partial charge in [0, 0.05) is 0 Å². The largest absolute Gasteiger partial charge is 0.129 e. The quantitative estimate of drug-likeness (QED) is 0.403. The Hall–Kier alpha value is -0.706. The third kappa shape index (κ3) is 4.23. The highest BCUT2D eigenvalue weighted by Crippen LogP contribution is 2.56. The summed E-state index contributed by atoms with van der Waals surface area (Å²) < 4.78 is 0. The fourth-order valence-electron chi connectivity index (χ4n) is 4.78. The van der Waals surface area contributed by atoms with Crippen LogP contribution in [0.5, 0.6) is 0 Å². The summed E-state index contributed by atoms with van der Waals surface area (Å²) in [6.45, 7) is 14.0. The van der Waals surface area contributed by atoms with Crippen molar-refractivity contribution in [1.29, 1.82) is 0 Å². The van der Waals surface area contributed by atoms with Gasteiger partial charge in [0.05, 0.1) is 5.57 Å². The van der Waals surface area contributed by atoms with Crippen LogP contribution in [0.4, 0.5) is 0 Å². The second-order valence-electron chi connectivity index (χ2n) is 10.1. The van der Waals surface area contributed by atoms with Gasteiger partial charge in [-0.05, 0) is 61.3 Å². The molecule has 4 fully saturated rings. The molecule has 4 rings (SSSR count). The molecule has 0 radical (unpaired) electrons. The fourth-order valence-corrected chi connectivity index (χ4v) is 5.78. The number of allylic oxidation sites excluding steroid dienone is 2. The van der Waals surface area contributed by atoms with Crippen LogP contribution >= 0.6 is 0 Å². The lowest BCUT2D eigenvalue weighted by molar-refractivity contribution is 0.0692. The molecule has 0 N–H and O–H groups in total. The van der Waals surface area contributed by atoms with Crippen LogP contribution in [0.2, 0.25) is 39.3 Å². The minimum atomic E-state index is -1.35. The third-order valence-electron chi connectivity index (χ3n) is 5.43. The molecule has 0 spiro atoms. The van der Waals surface area contributed by atoms with E-state index in [4.69, 9.17) is 0 Å². The maximum Gasteiger partial charge on any atom is 0.129 e. The zero-order valence-corrected chi connectivity index (χ0v) is 17.8. The van der Waals surface area contributed by atoms with Gasteiger partial charge >= 0.3 is 0 Å². The van der Waals surface area contributed by atoms with Crippen LogP contribution in [0.3, 0.4) is 0 Å². The normalized spacial score (nSPS) is 32.0. The van der Waals surface area contributed by atoms with Gasteiger partial charge in [0.2, 0.25) is 0 Å². The van der Waals surface area contributed by atoms with E-state index in [1.807, 2.05) is 0 Å². The van der Waals surface area contributed by atoms with Crippen molar-refractivity contribution in [3.8, 4) is 22.9 Å². The van der Waals surface area contributed by atoms with E-state index in [2.05, 4.69) is 62.2 Å². The van der Waals surface area contributed by atoms with E-state index in [1.165, 1.54) is 37.7 Å². The van der Waals surface area contributed by atoms with Gasteiger partial charge in [-0.1, -0.05) is 51.1 Å². The maximum absolute atomic E-state index is 3.61. The third-order valence-corrected chi connectivity index (χ3v) is 7.18. The highest BCUT2D eigenvalue weighted by atomic mass is 28.3. The molecule has 23 heavy (non-hydrogen) atoms.